The molecular weight excluding hydrogens is 397 g/mol. The van der Waals surface area contributed by atoms with Gasteiger partial charge in [0, 0.05) is 16.8 Å². The number of hydrogen-bond acceptors (Lipinski definition) is 6. The first kappa shape index (κ1) is 18.6. The van der Waals surface area contributed by atoms with E-state index in [2.05, 4.69) is 14.9 Å². The van der Waals surface area contributed by atoms with Gasteiger partial charge in [0.1, 0.15) is 16.5 Å². The predicted octanol–water partition coefficient (Wildman–Crippen LogP) is 4.05. The second kappa shape index (κ2) is 7.36. The van der Waals surface area contributed by atoms with Gasteiger partial charge in [0.05, 0.1) is 0 Å². The van der Waals surface area contributed by atoms with E-state index in [1.807, 2.05) is 18.2 Å². The number of aromatic hydroxyl groups is 1. The van der Waals surface area contributed by atoms with Crippen LogP contribution in [0.15, 0.2) is 82.1 Å². The summed E-state index contributed by atoms with van der Waals surface area (Å²) in [5, 5.41) is 17.2. The third-order valence-electron chi connectivity index (χ3n) is 4.03. The van der Waals surface area contributed by atoms with Crippen LogP contribution in [0.1, 0.15) is 0 Å². The molecule has 3 aromatic carbocycles. The first-order chi connectivity index (χ1) is 13.9. The van der Waals surface area contributed by atoms with Crippen molar-refractivity contribution in [2.45, 2.75) is 4.90 Å². The normalized spacial score (nSPS) is 11.3. The summed E-state index contributed by atoms with van der Waals surface area (Å²) in [6, 6.07) is 17.9. The van der Waals surface area contributed by atoms with Crippen LogP contribution in [0.4, 0.5) is 10.1 Å². The summed E-state index contributed by atoms with van der Waals surface area (Å²) in [5.41, 5.74) is 1.14. The fourth-order valence-electron chi connectivity index (χ4n) is 2.62. The van der Waals surface area contributed by atoms with Crippen molar-refractivity contribution >= 4 is 15.7 Å². The second-order valence-corrected chi connectivity index (χ2v) is 7.73. The van der Waals surface area contributed by atoms with Gasteiger partial charge in [-0.25, -0.2) is 12.8 Å². The Morgan fingerprint density at radius 2 is 1.52 bits per heavy atom. The van der Waals surface area contributed by atoms with Crippen molar-refractivity contribution < 1.29 is 22.3 Å². The summed E-state index contributed by atoms with van der Waals surface area (Å²) in [7, 11) is -4.23. The number of aromatic nitrogens is 2. The fourth-order valence-corrected chi connectivity index (χ4v) is 3.78. The highest BCUT2D eigenvalue weighted by molar-refractivity contribution is 7.92. The molecule has 0 saturated carbocycles. The molecule has 0 bridgehead atoms. The lowest BCUT2D eigenvalue weighted by Crippen LogP contribution is -2.14. The van der Waals surface area contributed by atoms with E-state index >= 15 is 0 Å². The molecule has 1 heterocycles. The Morgan fingerprint density at radius 3 is 2.21 bits per heavy atom. The lowest BCUT2D eigenvalue weighted by molar-refractivity contribution is 0.475. The van der Waals surface area contributed by atoms with E-state index in [4.69, 9.17) is 4.42 Å². The zero-order valence-electron chi connectivity index (χ0n) is 14.8. The third kappa shape index (κ3) is 3.94. The van der Waals surface area contributed by atoms with Crippen LogP contribution >= 0.6 is 0 Å². The van der Waals surface area contributed by atoms with Crippen LogP contribution in [0.5, 0.6) is 5.75 Å². The summed E-state index contributed by atoms with van der Waals surface area (Å²) in [4.78, 5) is -0.567. The predicted molar refractivity (Wildman–Crippen MR) is 104 cm³/mol. The Bertz CT molecular complexity index is 1260. The van der Waals surface area contributed by atoms with Gasteiger partial charge in [0.15, 0.2) is 0 Å². The zero-order valence-corrected chi connectivity index (χ0v) is 15.6. The topological polar surface area (TPSA) is 105 Å². The Labute approximate surface area is 165 Å². The second-order valence-electron chi connectivity index (χ2n) is 6.08. The van der Waals surface area contributed by atoms with E-state index in [0.717, 1.165) is 12.1 Å². The molecule has 0 unspecified atom stereocenters. The van der Waals surface area contributed by atoms with Gasteiger partial charge in [-0.2, -0.15) is 0 Å². The van der Waals surface area contributed by atoms with E-state index in [1.165, 1.54) is 30.3 Å². The maximum Gasteiger partial charge on any atom is 0.264 e. The number of anilines is 1. The monoisotopic (exact) mass is 411 g/mol. The summed E-state index contributed by atoms with van der Waals surface area (Å²) < 4.78 is 47.4. The number of halogens is 1. The van der Waals surface area contributed by atoms with Crippen molar-refractivity contribution in [2.75, 3.05) is 4.72 Å². The number of phenols is 1. The molecule has 0 spiro atoms. The van der Waals surface area contributed by atoms with Crippen LogP contribution in [0.25, 0.3) is 22.9 Å². The molecule has 4 aromatic rings. The smallest absolute Gasteiger partial charge is 0.264 e. The molecule has 0 amide bonds. The number of rotatable bonds is 5. The minimum atomic E-state index is -4.23. The molecule has 0 radical (unpaired) electrons. The molecule has 146 valence electrons. The molecule has 2 N–H and O–H groups in total. The fraction of sp³-hybridized carbons (Fsp3) is 0. The molecule has 29 heavy (non-hydrogen) atoms. The molecule has 4 rings (SSSR count). The van der Waals surface area contributed by atoms with Gasteiger partial charge >= 0.3 is 0 Å². The van der Waals surface area contributed by atoms with Gasteiger partial charge in [-0.15, -0.1) is 10.2 Å². The first-order valence-corrected chi connectivity index (χ1v) is 9.91. The van der Waals surface area contributed by atoms with E-state index in [9.17, 15) is 17.9 Å². The number of nitrogens with one attached hydrogen (secondary N) is 1. The molecule has 0 fully saturated rings. The van der Waals surface area contributed by atoms with Crippen molar-refractivity contribution in [1.82, 2.24) is 10.2 Å². The number of phenolic OH excluding ortho intramolecular Hbond substituents is 1. The Morgan fingerprint density at radius 1 is 0.862 bits per heavy atom. The van der Waals surface area contributed by atoms with Gasteiger partial charge < -0.3 is 9.52 Å². The molecule has 0 saturated heterocycles. The van der Waals surface area contributed by atoms with E-state index in [-0.39, 0.29) is 28.8 Å². The lowest BCUT2D eigenvalue weighted by Gasteiger charge is -2.09. The van der Waals surface area contributed by atoms with Gasteiger partial charge in [0.25, 0.3) is 10.0 Å². The Kier molecular flexibility index (Phi) is 4.73. The minimum Gasteiger partial charge on any atom is -0.508 e. The summed E-state index contributed by atoms with van der Waals surface area (Å²) in [5.74, 6) is -0.629. The molecule has 7 nitrogen and oxygen atoms in total. The standard InChI is InChI=1S/C20H14FN3O4S/c21-17-11-6-14(20-23-22-19(28-20)13-4-2-1-3-5-13)12-18(17)29(26,27)24-15-7-9-16(25)10-8-15/h1-12,24-25H. The lowest BCUT2D eigenvalue weighted by atomic mass is 10.2. The largest absolute Gasteiger partial charge is 0.508 e. The van der Waals surface area contributed by atoms with Gasteiger partial charge in [0.2, 0.25) is 11.8 Å². The third-order valence-corrected chi connectivity index (χ3v) is 5.43. The van der Waals surface area contributed by atoms with Crippen molar-refractivity contribution in [3.63, 3.8) is 0 Å². The average molecular weight is 411 g/mol. The van der Waals surface area contributed by atoms with Crippen LogP contribution in [-0.2, 0) is 10.0 Å². The molecule has 0 atom stereocenters. The van der Waals surface area contributed by atoms with E-state index < -0.39 is 20.7 Å². The quantitative estimate of drug-likeness (QED) is 0.480. The number of benzene rings is 3. The molecular formula is C20H14FN3O4S. The number of sulfonamides is 1. The summed E-state index contributed by atoms with van der Waals surface area (Å²) >= 11 is 0. The highest BCUT2D eigenvalue weighted by Gasteiger charge is 2.22. The van der Waals surface area contributed by atoms with Crippen LogP contribution in [0.2, 0.25) is 0 Å². The van der Waals surface area contributed by atoms with Crippen molar-refractivity contribution in [1.29, 1.82) is 0 Å². The van der Waals surface area contributed by atoms with Crippen LogP contribution < -0.4 is 4.72 Å². The highest BCUT2D eigenvalue weighted by atomic mass is 32.2. The highest BCUT2D eigenvalue weighted by Crippen LogP contribution is 2.28. The number of hydrogen-bond donors (Lipinski definition) is 2. The number of nitrogens with zero attached hydrogens (tertiary/aromatic N) is 2. The van der Waals surface area contributed by atoms with Gasteiger partial charge in [-0.1, -0.05) is 18.2 Å². The van der Waals surface area contributed by atoms with Crippen molar-refractivity contribution in [2.24, 2.45) is 0 Å². The van der Waals surface area contributed by atoms with Crippen LogP contribution in [0, 0.1) is 5.82 Å². The average Bonchev–Trinajstić information content (AvgIpc) is 3.21. The maximum atomic E-state index is 14.3. The van der Waals surface area contributed by atoms with Gasteiger partial charge in [-0.05, 0) is 54.6 Å². The SMILES string of the molecule is O=S(=O)(Nc1ccc(O)cc1)c1cc(-c2nnc(-c3ccccc3)o2)ccc1F. The summed E-state index contributed by atoms with van der Waals surface area (Å²) in [6.07, 6.45) is 0. The van der Waals surface area contributed by atoms with Crippen LogP contribution in [0.3, 0.4) is 0 Å². The Balaban J connectivity index is 1.67. The van der Waals surface area contributed by atoms with Crippen LogP contribution in [-0.4, -0.2) is 23.7 Å². The van der Waals surface area contributed by atoms with Crippen molar-refractivity contribution in [3.05, 3.63) is 78.6 Å². The van der Waals surface area contributed by atoms with Crippen molar-refractivity contribution in [3.8, 4) is 28.7 Å². The molecule has 9 heteroatoms. The van der Waals surface area contributed by atoms with E-state index in [1.54, 1.807) is 12.1 Å². The van der Waals surface area contributed by atoms with Gasteiger partial charge in [-0.3, -0.25) is 4.72 Å². The van der Waals surface area contributed by atoms with E-state index in [0.29, 0.717) is 5.56 Å². The first-order valence-electron chi connectivity index (χ1n) is 8.43. The molecule has 0 aliphatic carbocycles. The summed E-state index contributed by atoms with van der Waals surface area (Å²) in [6.45, 7) is 0. The maximum absolute atomic E-state index is 14.3. The molecule has 1 aromatic heterocycles. The molecule has 0 aliphatic heterocycles. The molecule has 0 aliphatic rings. The minimum absolute atomic E-state index is 0.0215. The zero-order chi connectivity index (χ0) is 20.4. The Hall–Kier alpha value is -3.72.